The number of hydrogen-bond acceptors (Lipinski definition) is 5. The van der Waals surface area contributed by atoms with Crippen LogP contribution in [0.1, 0.15) is 57.9 Å². The molecule has 0 saturated heterocycles. The number of esters is 1. The van der Waals surface area contributed by atoms with Gasteiger partial charge in [-0.1, -0.05) is 25.0 Å². The van der Waals surface area contributed by atoms with Crippen molar-refractivity contribution in [2.75, 3.05) is 0 Å². The molecule has 2 N–H and O–H groups in total. The molecule has 0 radical (unpaired) electrons. The normalized spacial score (nSPS) is 20.0. The Kier molecular flexibility index (Phi) is 8.13. The number of hydrogen-bond donors (Lipinski definition) is 2. The molecule has 0 bridgehead atoms. The highest BCUT2D eigenvalue weighted by Crippen LogP contribution is 2.21. The highest BCUT2D eigenvalue weighted by atomic mass is 16.6. The maximum atomic E-state index is 11.0. The van der Waals surface area contributed by atoms with Gasteiger partial charge in [-0.25, -0.2) is 4.79 Å². The molecule has 0 spiro atoms. The fourth-order valence-electron chi connectivity index (χ4n) is 3.33. The molecule has 0 saturated carbocycles. The van der Waals surface area contributed by atoms with E-state index in [0.29, 0.717) is 24.3 Å². The number of cyclic esters (lactones) is 1. The molecule has 1 aliphatic rings. The summed E-state index contributed by atoms with van der Waals surface area (Å²) in [6.07, 6.45) is 11.4. The van der Waals surface area contributed by atoms with Gasteiger partial charge in [0.2, 0.25) is 6.29 Å². The number of carbonyl (C=O) groups is 1. The lowest BCUT2D eigenvalue weighted by atomic mass is 9.93. The van der Waals surface area contributed by atoms with Gasteiger partial charge in [0.25, 0.3) is 0 Å². The second-order valence-corrected chi connectivity index (χ2v) is 7.32. The molecule has 0 aliphatic carbocycles. The van der Waals surface area contributed by atoms with Crippen molar-refractivity contribution >= 4 is 5.97 Å². The molecule has 1 unspecified atom stereocenters. The van der Waals surface area contributed by atoms with Gasteiger partial charge < -0.3 is 19.4 Å². The second-order valence-electron chi connectivity index (χ2n) is 7.32. The van der Waals surface area contributed by atoms with E-state index in [1.165, 1.54) is 11.6 Å². The lowest BCUT2D eigenvalue weighted by Crippen LogP contribution is -2.12. The molecule has 26 heavy (non-hydrogen) atoms. The van der Waals surface area contributed by atoms with Crippen molar-refractivity contribution in [1.82, 2.24) is 0 Å². The first kappa shape index (κ1) is 20.5. The summed E-state index contributed by atoms with van der Waals surface area (Å²) in [5.41, 5.74) is 2.97. The highest BCUT2D eigenvalue weighted by molar-refractivity contribution is 5.85. The number of aryl methyl sites for hydroxylation is 1. The van der Waals surface area contributed by atoms with Gasteiger partial charge >= 0.3 is 5.97 Å². The predicted molar refractivity (Wildman–Crippen MR) is 99.2 cm³/mol. The van der Waals surface area contributed by atoms with E-state index in [-0.39, 0.29) is 6.10 Å². The van der Waals surface area contributed by atoms with E-state index in [0.717, 1.165) is 37.7 Å². The van der Waals surface area contributed by atoms with Crippen LogP contribution < -0.4 is 0 Å². The third-order valence-corrected chi connectivity index (χ3v) is 4.75. The van der Waals surface area contributed by atoms with Crippen molar-refractivity contribution < 1.29 is 24.2 Å². The van der Waals surface area contributed by atoms with Gasteiger partial charge in [0.1, 0.15) is 0 Å². The van der Waals surface area contributed by atoms with Crippen molar-refractivity contribution in [3.63, 3.8) is 0 Å². The number of allylic oxidation sites excluding steroid dienone is 1. The Labute approximate surface area is 155 Å². The zero-order valence-corrected chi connectivity index (χ0v) is 15.7. The van der Waals surface area contributed by atoms with Crippen molar-refractivity contribution in [2.24, 2.45) is 5.92 Å². The number of carbonyl (C=O) groups excluding carboxylic acids is 1. The third-order valence-electron chi connectivity index (χ3n) is 4.75. The predicted octanol–water partition coefficient (Wildman–Crippen LogP) is 3.91. The molecule has 1 aromatic heterocycles. The van der Waals surface area contributed by atoms with Gasteiger partial charge in [-0.15, -0.1) is 0 Å². The monoisotopic (exact) mass is 362 g/mol. The molecule has 5 heteroatoms. The van der Waals surface area contributed by atoms with Gasteiger partial charge in [-0.2, -0.15) is 0 Å². The van der Waals surface area contributed by atoms with Crippen molar-refractivity contribution in [1.29, 1.82) is 0 Å². The summed E-state index contributed by atoms with van der Waals surface area (Å²) < 4.78 is 9.72. The lowest BCUT2D eigenvalue weighted by Gasteiger charge is -2.16. The molecule has 144 valence electrons. The first-order valence-electron chi connectivity index (χ1n) is 9.38. The fourth-order valence-corrected chi connectivity index (χ4v) is 3.33. The SMILES string of the molecule is C/C(=C\CCC1=CC(=O)OC1O)C[C@H](O)C[C@H](C)CCCc1ccoc1. The first-order chi connectivity index (χ1) is 12.4. The summed E-state index contributed by atoms with van der Waals surface area (Å²) in [7, 11) is 0. The zero-order valence-electron chi connectivity index (χ0n) is 15.7. The van der Waals surface area contributed by atoms with E-state index in [2.05, 4.69) is 17.7 Å². The van der Waals surface area contributed by atoms with E-state index >= 15 is 0 Å². The first-order valence-corrected chi connectivity index (χ1v) is 9.38. The third kappa shape index (κ3) is 7.18. The minimum atomic E-state index is -1.09. The molecule has 2 rings (SSSR count). The van der Waals surface area contributed by atoms with Crippen LogP contribution in [-0.4, -0.2) is 28.6 Å². The van der Waals surface area contributed by atoms with Gasteiger partial charge in [-0.3, -0.25) is 0 Å². The fraction of sp³-hybridized carbons (Fsp3) is 0.571. The molecule has 5 nitrogen and oxygen atoms in total. The average molecular weight is 362 g/mol. The Morgan fingerprint density at radius 2 is 2.19 bits per heavy atom. The van der Waals surface area contributed by atoms with Crippen LogP contribution in [0.2, 0.25) is 0 Å². The van der Waals surface area contributed by atoms with Crippen molar-refractivity contribution in [3.8, 4) is 0 Å². The van der Waals surface area contributed by atoms with Gasteiger partial charge in [0.05, 0.1) is 18.6 Å². The maximum absolute atomic E-state index is 11.0. The van der Waals surface area contributed by atoms with E-state index in [4.69, 9.17) is 4.42 Å². The lowest BCUT2D eigenvalue weighted by molar-refractivity contribution is -0.151. The van der Waals surface area contributed by atoms with Gasteiger partial charge in [-0.05, 0) is 63.0 Å². The summed E-state index contributed by atoms with van der Waals surface area (Å²) in [4.78, 5) is 11.0. The highest BCUT2D eigenvalue weighted by Gasteiger charge is 2.22. The Hall–Kier alpha value is -1.85. The van der Waals surface area contributed by atoms with Crippen LogP contribution in [0.4, 0.5) is 0 Å². The van der Waals surface area contributed by atoms with Crippen LogP contribution in [0, 0.1) is 5.92 Å². The van der Waals surface area contributed by atoms with Crippen LogP contribution in [0.15, 0.2) is 46.3 Å². The summed E-state index contributed by atoms with van der Waals surface area (Å²) in [5, 5.41) is 19.8. The smallest absolute Gasteiger partial charge is 0.333 e. The van der Waals surface area contributed by atoms with Crippen LogP contribution >= 0.6 is 0 Å². The van der Waals surface area contributed by atoms with Crippen LogP contribution in [0.5, 0.6) is 0 Å². The van der Waals surface area contributed by atoms with E-state index < -0.39 is 12.3 Å². The average Bonchev–Trinajstić information content (AvgIpc) is 3.17. The van der Waals surface area contributed by atoms with Crippen LogP contribution in [-0.2, 0) is 16.0 Å². The topological polar surface area (TPSA) is 79.9 Å². The zero-order chi connectivity index (χ0) is 18.9. The van der Waals surface area contributed by atoms with Crippen LogP contribution in [0.3, 0.4) is 0 Å². The Morgan fingerprint density at radius 3 is 2.85 bits per heavy atom. The number of furan rings is 1. The van der Waals surface area contributed by atoms with E-state index in [9.17, 15) is 15.0 Å². The molecule has 1 aromatic rings. The number of rotatable bonds is 11. The number of ether oxygens (including phenoxy) is 1. The Balaban J connectivity index is 1.61. The molecule has 1 aliphatic heterocycles. The Bertz CT molecular complexity index is 614. The van der Waals surface area contributed by atoms with E-state index in [1.807, 2.05) is 13.0 Å². The molecule has 3 atom stereocenters. The molecular formula is C21H30O5. The summed E-state index contributed by atoms with van der Waals surface area (Å²) in [6.45, 7) is 4.19. The van der Waals surface area contributed by atoms with Gasteiger partial charge in [0, 0.05) is 11.6 Å². The molecular weight excluding hydrogens is 332 g/mol. The van der Waals surface area contributed by atoms with Crippen molar-refractivity contribution in [2.45, 2.75) is 71.2 Å². The Morgan fingerprint density at radius 1 is 1.38 bits per heavy atom. The van der Waals surface area contributed by atoms with Crippen molar-refractivity contribution in [3.05, 3.63) is 47.5 Å². The minimum absolute atomic E-state index is 0.337. The molecule has 0 aromatic carbocycles. The second kappa shape index (κ2) is 10.3. The summed E-state index contributed by atoms with van der Waals surface area (Å²) >= 11 is 0. The molecule has 0 fully saturated rings. The summed E-state index contributed by atoms with van der Waals surface area (Å²) in [5.74, 6) is -0.00275. The number of aliphatic hydroxyl groups is 2. The largest absolute Gasteiger partial charge is 0.472 e. The van der Waals surface area contributed by atoms with Crippen LogP contribution in [0.25, 0.3) is 0 Å². The molecule has 2 heterocycles. The number of aliphatic hydroxyl groups excluding tert-OH is 2. The maximum Gasteiger partial charge on any atom is 0.333 e. The standard InChI is InChI=1S/C21H30O5/c1-15(5-3-7-17-9-10-25-14-17)11-19(22)12-16(2)6-4-8-18-13-20(23)26-21(18)24/h6,9-10,13-15,19,21-22,24H,3-5,7-8,11-12H2,1-2H3/b16-6+/t15-,19-,21?/m1/s1. The van der Waals surface area contributed by atoms with Gasteiger partial charge in [0.15, 0.2) is 0 Å². The summed E-state index contributed by atoms with van der Waals surface area (Å²) in [6, 6.07) is 2.00. The minimum Gasteiger partial charge on any atom is -0.472 e. The van der Waals surface area contributed by atoms with E-state index in [1.54, 1.807) is 12.5 Å². The quantitative estimate of drug-likeness (QED) is 0.461. The molecule has 0 amide bonds.